The van der Waals surface area contributed by atoms with Crippen molar-refractivity contribution in [3.05, 3.63) is 53.9 Å². The van der Waals surface area contributed by atoms with Crippen molar-refractivity contribution < 1.29 is 14.3 Å². The number of hydrogen-bond acceptors (Lipinski definition) is 4. The van der Waals surface area contributed by atoms with Crippen LogP contribution in [-0.4, -0.2) is 41.9 Å². The lowest BCUT2D eigenvalue weighted by atomic mass is 9.86. The lowest BCUT2D eigenvalue weighted by Gasteiger charge is -2.36. The van der Waals surface area contributed by atoms with E-state index in [1.54, 1.807) is 19.2 Å². The van der Waals surface area contributed by atoms with Gasteiger partial charge in [0.1, 0.15) is 5.75 Å². The van der Waals surface area contributed by atoms with Crippen LogP contribution in [0.3, 0.4) is 0 Å². The third kappa shape index (κ3) is 3.52. The number of likely N-dealkylation sites (tertiary alicyclic amines) is 1. The first kappa shape index (κ1) is 17.5. The third-order valence-corrected chi connectivity index (χ3v) is 5.58. The highest BCUT2D eigenvalue weighted by atomic mass is 16.5. The molecule has 1 N–H and O–H groups in total. The van der Waals surface area contributed by atoms with Crippen molar-refractivity contribution in [3.8, 4) is 5.75 Å². The molecule has 2 aliphatic heterocycles. The molecule has 1 aromatic heterocycles. The summed E-state index contributed by atoms with van der Waals surface area (Å²) in [5.41, 5.74) is 2.83. The molecule has 0 bridgehead atoms. The zero-order valence-corrected chi connectivity index (χ0v) is 15.4. The quantitative estimate of drug-likeness (QED) is 0.908. The minimum atomic E-state index is -0.443. The second kappa shape index (κ2) is 7.39. The lowest BCUT2D eigenvalue weighted by molar-refractivity contribution is -0.135. The highest BCUT2D eigenvalue weighted by molar-refractivity contribution is 6.01. The molecule has 1 unspecified atom stereocenters. The monoisotopic (exact) mass is 365 g/mol. The van der Waals surface area contributed by atoms with Gasteiger partial charge in [0.25, 0.3) is 0 Å². The predicted octanol–water partition coefficient (Wildman–Crippen LogP) is 2.92. The number of ether oxygens (including phenoxy) is 1. The van der Waals surface area contributed by atoms with Crippen LogP contribution in [0, 0.1) is 0 Å². The van der Waals surface area contributed by atoms with Crippen LogP contribution in [0.5, 0.6) is 5.75 Å². The van der Waals surface area contributed by atoms with E-state index in [4.69, 9.17) is 4.74 Å². The maximum Gasteiger partial charge on any atom is 0.230 e. The molecular weight excluding hydrogens is 342 g/mol. The molecule has 0 radical (unpaired) electrons. The first-order chi connectivity index (χ1) is 13.2. The molecule has 140 valence electrons. The Labute approximate surface area is 158 Å². The molecule has 0 aliphatic carbocycles. The second-order valence-corrected chi connectivity index (χ2v) is 7.14. The number of rotatable bonds is 3. The van der Waals surface area contributed by atoms with E-state index in [0.717, 1.165) is 18.4 Å². The van der Waals surface area contributed by atoms with Crippen LogP contribution < -0.4 is 10.1 Å². The van der Waals surface area contributed by atoms with Gasteiger partial charge in [0.15, 0.2) is 0 Å². The molecule has 1 saturated heterocycles. The Morgan fingerprint density at radius 2 is 1.93 bits per heavy atom. The number of pyridine rings is 1. The molecule has 0 spiro atoms. The molecule has 0 saturated carbocycles. The van der Waals surface area contributed by atoms with Crippen LogP contribution >= 0.6 is 0 Å². The van der Waals surface area contributed by atoms with E-state index in [2.05, 4.69) is 22.4 Å². The summed E-state index contributed by atoms with van der Waals surface area (Å²) < 4.78 is 5.30. The average Bonchev–Trinajstić information content (AvgIpc) is 2.73. The summed E-state index contributed by atoms with van der Waals surface area (Å²) in [6, 6.07) is 9.57. The van der Waals surface area contributed by atoms with Gasteiger partial charge < -0.3 is 15.0 Å². The summed E-state index contributed by atoms with van der Waals surface area (Å²) in [7, 11) is 1.60. The summed E-state index contributed by atoms with van der Waals surface area (Å²) in [6.07, 6.45) is 5.68. The molecule has 3 heterocycles. The van der Waals surface area contributed by atoms with Crippen molar-refractivity contribution in [2.45, 2.75) is 31.1 Å². The number of nitrogens with zero attached hydrogens (tertiary/aromatic N) is 2. The fourth-order valence-electron chi connectivity index (χ4n) is 4.08. The van der Waals surface area contributed by atoms with Crippen molar-refractivity contribution >= 4 is 17.5 Å². The smallest absolute Gasteiger partial charge is 0.230 e. The van der Waals surface area contributed by atoms with Crippen LogP contribution in [0.1, 0.15) is 42.2 Å². The number of carbonyl (C=O) groups excluding carboxylic acids is 2. The minimum absolute atomic E-state index is 0.0348. The van der Waals surface area contributed by atoms with Crippen LogP contribution in [0.25, 0.3) is 0 Å². The molecule has 1 aromatic carbocycles. The molecule has 1 atom stereocenters. The van der Waals surface area contributed by atoms with Crippen LogP contribution in [0.4, 0.5) is 5.69 Å². The first-order valence-corrected chi connectivity index (χ1v) is 9.32. The summed E-state index contributed by atoms with van der Waals surface area (Å²) >= 11 is 0. The summed E-state index contributed by atoms with van der Waals surface area (Å²) in [5, 5.41) is 2.86. The van der Waals surface area contributed by atoms with Crippen LogP contribution in [0.15, 0.2) is 42.7 Å². The van der Waals surface area contributed by atoms with E-state index >= 15 is 0 Å². The van der Waals surface area contributed by atoms with Crippen molar-refractivity contribution in [1.82, 2.24) is 9.88 Å². The number of benzene rings is 1. The third-order valence-electron chi connectivity index (χ3n) is 5.58. The van der Waals surface area contributed by atoms with Gasteiger partial charge in [0.2, 0.25) is 11.8 Å². The van der Waals surface area contributed by atoms with Gasteiger partial charge in [-0.25, -0.2) is 0 Å². The highest BCUT2D eigenvalue weighted by Crippen LogP contribution is 2.37. The van der Waals surface area contributed by atoms with Crippen LogP contribution in [-0.2, 0) is 9.59 Å². The number of methoxy groups -OCH3 is 1. The topological polar surface area (TPSA) is 71.5 Å². The Balaban J connectivity index is 1.50. The Morgan fingerprint density at radius 3 is 2.63 bits per heavy atom. The number of fused-ring (bicyclic) bond motifs is 1. The van der Waals surface area contributed by atoms with E-state index in [-0.39, 0.29) is 18.2 Å². The number of aromatic nitrogens is 1. The highest BCUT2D eigenvalue weighted by Gasteiger charge is 2.35. The molecule has 6 heteroatoms. The SMILES string of the molecule is COc1ccc2c(c1)C(C(=O)N1CCC(c3ccncc3)CC1)CC(=O)N2. The molecule has 2 aliphatic rings. The Morgan fingerprint density at radius 1 is 1.19 bits per heavy atom. The molecular formula is C21H23N3O3. The van der Waals surface area contributed by atoms with E-state index in [1.165, 1.54) is 5.56 Å². The van der Waals surface area contributed by atoms with E-state index in [0.29, 0.717) is 30.4 Å². The van der Waals surface area contributed by atoms with Crippen molar-refractivity contribution in [3.63, 3.8) is 0 Å². The molecule has 4 rings (SSSR count). The fraction of sp³-hybridized carbons (Fsp3) is 0.381. The largest absolute Gasteiger partial charge is 0.497 e. The Kier molecular flexibility index (Phi) is 4.79. The van der Waals surface area contributed by atoms with Gasteiger partial charge >= 0.3 is 0 Å². The van der Waals surface area contributed by atoms with Crippen molar-refractivity contribution in [2.24, 2.45) is 0 Å². The van der Waals surface area contributed by atoms with E-state index < -0.39 is 5.92 Å². The second-order valence-electron chi connectivity index (χ2n) is 7.14. The Hall–Kier alpha value is -2.89. The molecule has 1 fully saturated rings. The summed E-state index contributed by atoms with van der Waals surface area (Å²) in [6.45, 7) is 1.42. The van der Waals surface area contributed by atoms with Gasteiger partial charge in [0, 0.05) is 37.6 Å². The van der Waals surface area contributed by atoms with Gasteiger partial charge in [-0.2, -0.15) is 0 Å². The Bertz CT molecular complexity index is 845. The number of hydrogen-bond donors (Lipinski definition) is 1. The molecule has 6 nitrogen and oxygen atoms in total. The number of anilines is 1. The van der Waals surface area contributed by atoms with Gasteiger partial charge in [0.05, 0.1) is 13.0 Å². The number of amides is 2. The summed E-state index contributed by atoms with van der Waals surface area (Å²) in [4.78, 5) is 31.3. The summed E-state index contributed by atoms with van der Waals surface area (Å²) in [5.74, 6) is 0.629. The first-order valence-electron chi connectivity index (χ1n) is 9.32. The molecule has 2 aromatic rings. The number of nitrogens with one attached hydrogen (secondary N) is 1. The zero-order chi connectivity index (χ0) is 18.8. The van der Waals surface area contributed by atoms with Gasteiger partial charge in [-0.15, -0.1) is 0 Å². The molecule has 2 amide bonds. The average molecular weight is 365 g/mol. The fourth-order valence-corrected chi connectivity index (χ4v) is 4.08. The maximum atomic E-state index is 13.2. The van der Waals surface area contributed by atoms with Crippen LogP contribution in [0.2, 0.25) is 0 Å². The van der Waals surface area contributed by atoms with Crippen molar-refractivity contribution in [2.75, 3.05) is 25.5 Å². The zero-order valence-electron chi connectivity index (χ0n) is 15.4. The molecule has 27 heavy (non-hydrogen) atoms. The standard InChI is InChI=1S/C21H23N3O3/c1-27-16-2-3-19-17(12-16)18(13-20(25)23-19)21(26)24-10-6-15(7-11-24)14-4-8-22-9-5-14/h2-5,8-9,12,15,18H,6-7,10-11,13H2,1H3,(H,23,25). The van der Waals surface area contributed by atoms with Gasteiger partial charge in [-0.05, 0) is 60.2 Å². The van der Waals surface area contributed by atoms with E-state index in [1.807, 2.05) is 23.4 Å². The maximum absolute atomic E-state index is 13.2. The van der Waals surface area contributed by atoms with Crippen molar-refractivity contribution in [1.29, 1.82) is 0 Å². The predicted molar refractivity (Wildman–Crippen MR) is 102 cm³/mol. The van der Waals surface area contributed by atoms with Gasteiger partial charge in [-0.3, -0.25) is 14.6 Å². The minimum Gasteiger partial charge on any atom is -0.497 e. The van der Waals surface area contributed by atoms with Gasteiger partial charge in [-0.1, -0.05) is 0 Å². The number of carbonyl (C=O) groups is 2. The van der Waals surface area contributed by atoms with E-state index in [9.17, 15) is 9.59 Å². The number of piperidine rings is 1. The lowest BCUT2D eigenvalue weighted by Crippen LogP contribution is -2.42. The normalized spacial score (nSPS) is 20.0.